The zero-order chi connectivity index (χ0) is 31.0. The van der Waals surface area contributed by atoms with Crippen LogP contribution in [0.1, 0.15) is 24.8 Å². The van der Waals surface area contributed by atoms with Gasteiger partial charge in [0.1, 0.15) is 47.6 Å². The summed E-state index contributed by atoms with van der Waals surface area (Å²) in [6, 6.07) is 4.60. The molecule has 234 valence electrons. The number of hydrogen-bond donors (Lipinski definition) is 2. The second-order valence-electron chi connectivity index (χ2n) is 12.3. The lowest BCUT2D eigenvalue weighted by Gasteiger charge is -2.33. The van der Waals surface area contributed by atoms with E-state index in [0.717, 1.165) is 43.8 Å². The number of halogens is 4. The molecule has 0 saturated carbocycles. The molecule has 3 fully saturated rings. The predicted octanol–water partition coefficient (Wildman–Crippen LogP) is 5.27. The number of aromatic nitrogens is 2. The van der Waals surface area contributed by atoms with E-state index in [0.29, 0.717) is 43.2 Å². The van der Waals surface area contributed by atoms with Gasteiger partial charge < -0.3 is 25.4 Å². The fourth-order valence-corrected chi connectivity index (χ4v) is 8.67. The number of nitrogens with one attached hydrogen (secondary N) is 1. The molecule has 3 saturated heterocycles. The molecular weight excluding hydrogens is 627 g/mol. The largest absolute Gasteiger partial charge is 0.489 e. The molecule has 9 nitrogen and oxygen atoms in total. The first kappa shape index (κ1) is 28.9. The van der Waals surface area contributed by atoms with E-state index in [4.69, 9.17) is 31.8 Å². The maximum Gasteiger partial charge on any atom is 0.319 e. The van der Waals surface area contributed by atoms with Crippen molar-refractivity contribution in [1.82, 2.24) is 20.2 Å². The van der Waals surface area contributed by atoms with Gasteiger partial charge in [-0.05, 0) is 31.0 Å². The minimum atomic E-state index is -0.929. The van der Waals surface area contributed by atoms with Gasteiger partial charge in [0.25, 0.3) is 0 Å². The van der Waals surface area contributed by atoms with Crippen molar-refractivity contribution in [1.29, 1.82) is 5.26 Å². The van der Waals surface area contributed by atoms with Crippen LogP contribution in [0.15, 0.2) is 12.1 Å². The number of anilines is 2. The van der Waals surface area contributed by atoms with E-state index in [1.54, 1.807) is 0 Å². The summed E-state index contributed by atoms with van der Waals surface area (Å²) in [7, 11) is 0. The number of nitrogens with zero attached hydrogens (tertiary/aromatic N) is 5. The summed E-state index contributed by atoms with van der Waals surface area (Å²) in [6.07, 6.45) is 1.18. The van der Waals surface area contributed by atoms with Crippen molar-refractivity contribution in [2.45, 2.75) is 31.0 Å². The third-order valence-corrected chi connectivity index (χ3v) is 11.0. The molecule has 0 amide bonds. The Morgan fingerprint density at radius 3 is 2.87 bits per heavy atom. The topological polar surface area (TPSA) is 113 Å². The first-order valence-electron chi connectivity index (χ1n) is 15.0. The number of rotatable bonds is 6. The number of hydrogen-bond acceptors (Lipinski definition) is 10. The van der Waals surface area contributed by atoms with Crippen molar-refractivity contribution in [2.24, 2.45) is 5.92 Å². The fraction of sp³-hybridized carbons (Fsp3) is 0.452. The smallest absolute Gasteiger partial charge is 0.319 e. The standard InChI is InChI=1S/C31H29ClF3N7O2S/c32-23-21(17-2-3-19(34)27-20(17)18(9-36)28(37)45-27)24(35)25-22-26(23)43-7-6-41(12-15-10-38-11-15)29(22)40-30(39-25)44-14-31-4-1-5-42(31)13-16(33)8-31/h2-3,15-16,38H,1,4-8,10-14,37H2/t16-,31+/m1/s1. The number of thiophene rings is 1. The first-order chi connectivity index (χ1) is 21.8. The van der Waals surface area contributed by atoms with E-state index < -0.39 is 23.3 Å². The molecule has 4 aromatic rings. The molecule has 2 aromatic heterocycles. The Kier molecular flexibility index (Phi) is 6.90. The monoisotopic (exact) mass is 655 g/mol. The number of alkyl halides is 1. The summed E-state index contributed by atoms with van der Waals surface area (Å²) in [5, 5.41) is 13.7. The van der Waals surface area contributed by atoms with E-state index in [-0.39, 0.29) is 67.3 Å². The van der Waals surface area contributed by atoms with Crippen molar-refractivity contribution < 1.29 is 22.6 Å². The number of nitrogens with two attached hydrogens (primary N) is 1. The van der Waals surface area contributed by atoms with Gasteiger partial charge in [0, 0.05) is 49.5 Å². The number of benzene rings is 2. The second-order valence-corrected chi connectivity index (χ2v) is 13.8. The molecule has 0 spiro atoms. The Balaban J connectivity index is 1.32. The maximum atomic E-state index is 17.0. The van der Waals surface area contributed by atoms with E-state index in [2.05, 4.69) is 15.2 Å². The van der Waals surface area contributed by atoms with Crippen molar-refractivity contribution in [3.8, 4) is 29.0 Å². The number of fused-ring (bicyclic) bond motifs is 2. The van der Waals surface area contributed by atoms with Crippen LogP contribution in [0.4, 0.5) is 24.0 Å². The zero-order valence-electron chi connectivity index (χ0n) is 24.1. The Labute approximate surface area is 265 Å². The van der Waals surface area contributed by atoms with Gasteiger partial charge in [0.15, 0.2) is 11.6 Å². The molecule has 6 heterocycles. The molecule has 2 aromatic carbocycles. The van der Waals surface area contributed by atoms with E-state index >= 15 is 4.39 Å². The Morgan fingerprint density at radius 2 is 2.09 bits per heavy atom. The Hall–Kier alpha value is -3.57. The second kappa shape index (κ2) is 10.8. The summed E-state index contributed by atoms with van der Waals surface area (Å²) in [5.41, 5.74) is 5.72. The normalized spacial score (nSPS) is 23.2. The van der Waals surface area contributed by atoms with E-state index in [1.165, 1.54) is 12.1 Å². The Morgan fingerprint density at radius 1 is 1.24 bits per heavy atom. The fourth-order valence-electron chi connectivity index (χ4n) is 7.39. The average Bonchev–Trinajstić information content (AvgIpc) is 3.59. The van der Waals surface area contributed by atoms with Gasteiger partial charge in [-0.15, -0.1) is 11.3 Å². The molecule has 0 aliphatic carbocycles. The SMILES string of the molecule is N#Cc1c(N)sc2c(F)ccc(-c3c(Cl)c4c5c(nc(OC[C@@]67CCCN6C[C@H](F)C7)nc5c3F)N(CC3CNC3)CCO4)c12. The highest BCUT2D eigenvalue weighted by atomic mass is 35.5. The molecule has 8 rings (SSSR count). The summed E-state index contributed by atoms with van der Waals surface area (Å²) in [6.45, 7) is 4.42. The van der Waals surface area contributed by atoms with Crippen LogP contribution in [-0.4, -0.2) is 79.1 Å². The average molecular weight is 656 g/mol. The predicted molar refractivity (Wildman–Crippen MR) is 167 cm³/mol. The molecular formula is C31H29ClF3N7O2S. The minimum Gasteiger partial charge on any atom is -0.489 e. The van der Waals surface area contributed by atoms with Crippen molar-refractivity contribution in [3.05, 3.63) is 34.4 Å². The quantitative estimate of drug-likeness (QED) is 0.287. The summed E-state index contributed by atoms with van der Waals surface area (Å²) >= 11 is 7.89. The van der Waals surface area contributed by atoms with Crippen LogP contribution < -0.4 is 25.4 Å². The van der Waals surface area contributed by atoms with Crippen LogP contribution in [0.2, 0.25) is 5.02 Å². The summed E-state index contributed by atoms with van der Waals surface area (Å²) in [4.78, 5) is 13.5. The van der Waals surface area contributed by atoms with Gasteiger partial charge in [-0.1, -0.05) is 17.7 Å². The minimum absolute atomic E-state index is 0.0282. The van der Waals surface area contributed by atoms with E-state index in [1.807, 2.05) is 11.0 Å². The van der Waals surface area contributed by atoms with Gasteiger partial charge in [-0.2, -0.15) is 15.2 Å². The summed E-state index contributed by atoms with van der Waals surface area (Å²) in [5.74, 6) is -0.348. The molecule has 2 atom stereocenters. The molecule has 0 radical (unpaired) electrons. The van der Waals surface area contributed by atoms with Crippen LogP contribution in [-0.2, 0) is 0 Å². The molecule has 0 unspecified atom stereocenters. The molecule has 4 aliphatic rings. The first-order valence-corrected chi connectivity index (χ1v) is 16.2. The Bertz CT molecular complexity index is 1910. The van der Waals surface area contributed by atoms with Crippen molar-refractivity contribution in [2.75, 3.05) is 63.1 Å². The van der Waals surface area contributed by atoms with Crippen LogP contribution in [0.3, 0.4) is 0 Å². The highest BCUT2D eigenvalue weighted by Crippen LogP contribution is 2.51. The molecule has 14 heteroatoms. The molecule has 45 heavy (non-hydrogen) atoms. The zero-order valence-corrected chi connectivity index (χ0v) is 25.7. The lowest BCUT2D eigenvalue weighted by atomic mass is 9.95. The highest BCUT2D eigenvalue weighted by Gasteiger charge is 2.49. The maximum absolute atomic E-state index is 17.0. The number of ether oxygens (including phenoxy) is 2. The van der Waals surface area contributed by atoms with Gasteiger partial charge in [-0.25, -0.2) is 13.2 Å². The van der Waals surface area contributed by atoms with Crippen molar-refractivity contribution in [3.63, 3.8) is 0 Å². The number of nitrogen functional groups attached to an aromatic ring is 1. The highest BCUT2D eigenvalue weighted by molar-refractivity contribution is 7.23. The third kappa shape index (κ3) is 4.48. The van der Waals surface area contributed by atoms with Crippen LogP contribution in [0, 0.1) is 28.9 Å². The molecule has 3 N–H and O–H groups in total. The number of nitriles is 1. The van der Waals surface area contributed by atoms with Crippen LogP contribution in [0.5, 0.6) is 11.8 Å². The van der Waals surface area contributed by atoms with E-state index in [9.17, 15) is 14.0 Å². The summed E-state index contributed by atoms with van der Waals surface area (Å²) < 4.78 is 58.9. The molecule has 4 aliphatic heterocycles. The molecule has 0 bridgehead atoms. The van der Waals surface area contributed by atoms with Gasteiger partial charge in [0.05, 0.1) is 32.8 Å². The van der Waals surface area contributed by atoms with Crippen molar-refractivity contribution >= 4 is 54.7 Å². The van der Waals surface area contributed by atoms with Gasteiger partial charge >= 0.3 is 6.01 Å². The lowest BCUT2D eigenvalue weighted by Crippen LogP contribution is -2.49. The van der Waals surface area contributed by atoms with Crippen LogP contribution >= 0.6 is 22.9 Å². The van der Waals surface area contributed by atoms with Gasteiger partial charge in [-0.3, -0.25) is 4.90 Å². The van der Waals surface area contributed by atoms with Crippen LogP contribution in [0.25, 0.3) is 32.1 Å². The third-order valence-electron chi connectivity index (χ3n) is 9.62. The van der Waals surface area contributed by atoms with Gasteiger partial charge in [0.2, 0.25) is 0 Å². The lowest BCUT2D eigenvalue weighted by molar-refractivity contribution is 0.107.